The summed E-state index contributed by atoms with van der Waals surface area (Å²) in [5.41, 5.74) is 0.274. The summed E-state index contributed by atoms with van der Waals surface area (Å²) >= 11 is 3.18. The minimum absolute atomic E-state index is 0.212. The van der Waals surface area contributed by atoms with Crippen LogP contribution >= 0.6 is 15.9 Å². The number of halogens is 1. The number of amides is 2. The summed E-state index contributed by atoms with van der Waals surface area (Å²) in [5, 5.41) is 5.20. The Morgan fingerprint density at radius 2 is 2.18 bits per heavy atom. The highest BCUT2D eigenvalue weighted by Crippen LogP contribution is 2.06. The number of hydrogen-bond donors (Lipinski definition) is 2. The monoisotopic (exact) mass is 299 g/mol. The van der Waals surface area contributed by atoms with Crippen molar-refractivity contribution in [3.05, 3.63) is 28.5 Å². The van der Waals surface area contributed by atoms with Crippen LogP contribution in [-0.2, 0) is 4.79 Å². The number of nitrogens with one attached hydrogen (secondary N) is 2. The largest absolute Gasteiger partial charge is 0.355 e. The van der Waals surface area contributed by atoms with Crippen LogP contribution in [-0.4, -0.2) is 29.4 Å². The number of pyridine rings is 1. The Labute approximate surface area is 108 Å². The third-order valence-electron chi connectivity index (χ3n) is 2.04. The summed E-state index contributed by atoms with van der Waals surface area (Å²) < 4.78 is 0.579. The first kappa shape index (κ1) is 13.6. The molecule has 0 saturated carbocycles. The second-order valence-corrected chi connectivity index (χ2v) is 4.25. The minimum atomic E-state index is -0.580. The van der Waals surface area contributed by atoms with Crippen molar-refractivity contribution >= 4 is 27.7 Å². The quantitative estimate of drug-likeness (QED) is 0.818. The summed E-state index contributed by atoms with van der Waals surface area (Å²) in [6.45, 7) is 3.98. The molecule has 1 unspecified atom stereocenters. The van der Waals surface area contributed by atoms with E-state index in [0.717, 1.165) is 0 Å². The molecule has 1 atom stereocenters. The Kier molecular flexibility index (Phi) is 5.09. The smallest absolute Gasteiger partial charge is 0.270 e. The predicted molar refractivity (Wildman–Crippen MR) is 67.5 cm³/mol. The van der Waals surface area contributed by atoms with E-state index in [2.05, 4.69) is 31.5 Å². The molecule has 0 bridgehead atoms. The lowest BCUT2D eigenvalue weighted by Gasteiger charge is -2.12. The van der Waals surface area contributed by atoms with Crippen molar-refractivity contribution < 1.29 is 9.59 Å². The van der Waals surface area contributed by atoms with Gasteiger partial charge in [-0.05, 0) is 41.9 Å². The fourth-order valence-electron chi connectivity index (χ4n) is 1.20. The molecule has 0 aliphatic rings. The first-order valence-electron chi connectivity index (χ1n) is 5.25. The van der Waals surface area contributed by atoms with Crippen molar-refractivity contribution in [3.8, 4) is 0 Å². The zero-order valence-corrected chi connectivity index (χ0v) is 11.2. The molecule has 1 rings (SSSR count). The summed E-state index contributed by atoms with van der Waals surface area (Å²) in [6.07, 6.45) is 0. The molecule has 0 aliphatic heterocycles. The fraction of sp³-hybridized carbons (Fsp3) is 0.364. The number of likely N-dealkylation sites (N-methyl/N-ethyl adjacent to an activating group) is 1. The maximum Gasteiger partial charge on any atom is 0.270 e. The van der Waals surface area contributed by atoms with Crippen LogP contribution in [0.5, 0.6) is 0 Å². The first-order valence-corrected chi connectivity index (χ1v) is 6.05. The normalized spacial score (nSPS) is 11.7. The lowest BCUT2D eigenvalue weighted by molar-refractivity contribution is -0.122. The molecule has 1 heterocycles. The van der Waals surface area contributed by atoms with E-state index in [4.69, 9.17) is 0 Å². The van der Waals surface area contributed by atoms with Crippen LogP contribution < -0.4 is 10.6 Å². The molecule has 92 valence electrons. The molecule has 0 aromatic carbocycles. The van der Waals surface area contributed by atoms with Gasteiger partial charge in [0, 0.05) is 6.54 Å². The van der Waals surface area contributed by atoms with E-state index < -0.39 is 6.04 Å². The van der Waals surface area contributed by atoms with Crippen LogP contribution in [0.4, 0.5) is 0 Å². The van der Waals surface area contributed by atoms with Gasteiger partial charge in [0.2, 0.25) is 5.91 Å². The number of hydrogen-bond acceptors (Lipinski definition) is 3. The number of aromatic nitrogens is 1. The second-order valence-electron chi connectivity index (χ2n) is 3.44. The van der Waals surface area contributed by atoms with Crippen molar-refractivity contribution in [2.75, 3.05) is 6.54 Å². The molecule has 1 aromatic rings. The van der Waals surface area contributed by atoms with Crippen LogP contribution in [0, 0.1) is 0 Å². The number of carbonyl (C=O) groups excluding carboxylic acids is 2. The zero-order chi connectivity index (χ0) is 12.8. The summed E-state index contributed by atoms with van der Waals surface area (Å²) in [4.78, 5) is 27.2. The average molecular weight is 300 g/mol. The van der Waals surface area contributed by atoms with Gasteiger partial charge in [0.25, 0.3) is 5.91 Å². The topological polar surface area (TPSA) is 71.1 Å². The second kappa shape index (κ2) is 6.34. The van der Waals surface area contributed by atoms with Gasteiger partial charge in [-0.2, -0.15) is 0 Å². The van der Waals surface area contributed by atoms with Crippen molar-refractivity contribution in [2.24, 2.45) is 0 Å². The molecule has 0 saturated heterocycles. The highest BCUT2D eigenvalue weighted by Gasteiger charge is 2.16. The van der Waals surface area contributed by atoms with Gasteiger partial charge in [-0.3, -0.25) is 9.59 Å². The van der Waals surface area contributed by atoms with E-state index in [1.165, 1.54) is 0 Å². The molecule has 2 amide bonds. The highest BCUT2D eigenvalue weighted by molar-refractivity contribution is 9.10. The van der Waals surface area contributed by atoms with E-state index >= 15 is 0 Å². The van der Waals surface area contributed by atoms with Crippen LogP contribution in [0.1, 0.15) is 24.3 Å². The zero-order valence-electron chi connectivity index (χ0n) is 9.66. The van der Waals surface area contributed by atoms with Crippen molar-refractivity contribution in [3.63, 3.8) is 0 Å². The van der Waals surface area contributed by atoms with Crippen LogP contribution in [0.15, 0.2) is 22.8 Å². The van der Waals surface area contributed by atoms with Crippen LogP contribution in [0.2, 0.25) is 0 Å². The minimum Gasteiger partial charge on any atom is -0.355 e. The molecule has 0 spiro atoms. The Hall–Kier alpha value is -1.43. The lowest BCUT2D eigenvalue weighted by atomic mass is 10.2. The van der Waals surface area contributed by atoms with Crippen molar-refractivity contribution in [2.45, 2.75) is 19.9 Å². The van der Waals surface area contributed by atoms with Gasteiger partial charge >= 0.3 is 0 Å². The molecule has 0 aliphatic carbocycles. The van der Waals surface area contributed by atoms with Gasteiger partial charge in [0.05, 0.1) is 0 Å². The van der Waals surface area contributed by atoms with Gasteiger partial charge in [-0.1, -0.05) is 6.07 Å². The molecular formula is C11H14BrN3O2. The van der Waals surface area contributed by atoms with Crippen molar-refractivity contribution in [1.29, 1.82) is 0 Å². The van der Waals surface area contributed by atoms with Gasteiger partial charge in [0.15, 0.2) is 0 Å². The summed E-state index contributed by atoms with van der Waals surface area (Å²) in [7, 11) is 0. The van der Waals surface area contributed by atoms with Crippen LogP contribution in [0.25, 0.3) is 0 Å². The number of carbonyl (C=O) groups is 2. The van der Waals surface area contributed by atoms with E-state index in [1.807, 2.05) is 6.92 Å². The lowest BCUT2D eigenvalue weighted by Crippen LogP contribution is -2.44. The first-order chi connectivity index (χ1) is 8.04. The molecule has 2 N–H and O–H groups in total. The van der Waals surface area contributed by atoms with Crippen molar-refractivity contribution in [1.82, 2.24) is 15.6 Å². The summed E-state index contributed by atoms with van der Waals surface area (Å²) in [5.74, 6) is -0.583. The van der Waals surface area contributed by atoms with Gasteiger partial charge < -0.3 is 10.6 Å². The Bertz CT molecular complexity index is 423. The Balaban J connectivity index is 2.63. The Morgan fingerprint density at radius 1 is 1.47 bits per heavy atom. The standard InChI is InChI=1S/C11H14BrN3O2/c1-3-13-10(16)7(2)14-11(17)8-5-4-6-9(12)15-8/h4-7H,3H2,1-2H3,(H,13,16)(H,14,17). The summed E-state index contributed by atoms with van der Waals surface area (Å²) in [6, 6.07) is 4.44. The average Bonchev–Trinajstić information content (AvgIpc) is 2.29. The molecule has 6 heteroatoms. The number of rotatable bonds is 4. The van der Waals surface area contributed by atoms with E-state index in [-0.39, 0.29) is 17.5 Å². The third-order valence-corrected chi connectivity index (χ3v) is 2.48. The molecular weight excluding hydrogens is 286 g/mol. The third kappa shape index (κ3) is 4.14. The highest BCUT2D eigenvalue weighted by atomic mass is 79.9. The molecule has 5 nitrogen and oxygen atoms in total. The van der Waals surface area contributed by atoms with E-state index in [9.17, 15) is 9.59 Å². The molecule has 17 heavy (non-hydrogen) atoms. The van der Waals surface area contributed by atoms with E-state index in [1.54, 1.807) is 25.1 Å². The SMILES string of the molecule is CCNC(=O)C(C)NC(=O)c1cccc(Br)n1. The fourth-order valence-corrected chi connectivity index (χ4v) is 1.54. The molecule has 0 radical (unpaired) electrons. The van der Waals surface area contributed by atoms with Crippen LogP contribution in [0.3, 0.4) is 0 Å². The number of nitrogens with zero attached hydrogens (tertiary/aromatic N) is 1. The van der Waals surface area contributed by atoms with E-state index in [0.29, 0.717) is 11.1 Å². The predicted octanol–water partition coefficient (Wildman–Crippen LogP) is 1.10. The molecule has 1 aromatic heterocycles. The molecule has 0 fully saturated rings. The Morgan fingerprint density at radius 3 is 2.76 bits per heavy atom. The maximum absolute atomic E-state index is 11.7. The maximum atomic E-state index is 11.7. The van der Waals surface area contributed by atoms with Gasteiger partial charge in [-0.25, -0.2) is 4.98 Å². The van der Waals surface area contributed by atoms with Gasteiger partial charge in [0.1, 0.15) is 16.3 Å². The van der Waals surface area contributed by atoms with Gasteiger partial charge in [-0.15, -0.1) is 0 Å².